The van der Waals surface area contributed by atoms with Crippen LogP contribution in [0.3, 0.4) is 0 Å². The highest BCUT2D eigenvalue weighted by Crippen LogP contribution is 2.16. The van der Waals surface area contributed by atoms with Gasteiger partial charge in [0.25, 0.3) is 0 Å². The van der Waals surface area contributed by atoms with E-state index in [1.54, 1.807) is 0 Å². The van der Waals surface area contributed by atoms with Crippen LogP contribution in [0.15, 0.2) is 24.3 Å². The topological polar surface area (TPSA) is 27.3 Å². The van der Waals surface area contributed by atoms with Gasteiger partial charge in [0, 0.05) is 5.33 Å². The number of nitrogens with zero attached hydrogens (tertiary/aromatic N) is 1. The molecular formula is C9H12BrN3. The Morgan fingerprint density at radius 2 is 2.38 bits per heavy atom. The summed E-state index contributed by atoms with van der Waals surface area (Å²) in [5.41, 5.74) is 5.74. The molecule has 0 unspecified atom stereocenters. The van der Waals surface area contributed by atoms with Gasteiger partial charge < -0.3 is 0 Å². The van der Waals surface area contributed by atoms with Crippen molar-refractivity contribution in [1.29, 1.82) is 0 Å². The third kappa shape index (κ3) is 2.02. The molecular weight excluding hydrogens is 230 g/mol. The van der Waals surface area contributed by atoms with Crippen molar-refractivity contribution in [1.82, 2.24) is 10.7 Å². The monoisotopic (exact) mass is 241 g/mol. The van der Waals surface area contributed by atoms with E-state index in [1.807, 2.05) is 0 Å². The van der Waals surface area contributed by atoms with Crippen molar-refractivity contribution >= 4 is 21.6 Å². The summed E-state index contributed by atoms with van der Waals surface area (Å²) in [6.07, 6.45) is 0. The van der Waals surface area contributed by atoms with E-state index in [2.05, 4.69) is 55.9 Å². The normalized spacial score (nSPS) is 16.5. The molecule has 3 nitrogen and oxygen atoms in total. The average molecular weight is 242 g/mol. The standard InChI is InChI=1S/C9H12BrN3/c10-5-8-2-1-3-9(4-8)13-7-11-6-12-13/h1-4,11-12H,5-7H2. The van der Waals surface area contributed by atoms with Gasteiger partial charge >= 0.3 is 0 Å². The predicted octanol–water partition coefficient (Wildman–Crippen LogP) is 1.41. The van der Waals surface area contributed by atoms with Crippen LogP contribution < -0.4 is 15.8 Å². The minimum Gasteiger partial charge on any atom is -0.293 e. The van der Waals surface area contributed by atoms with Gasteiger partial charge in [0.05, 0.1) is 19.0 Å². The van der Waals surface area contributed by atoms with E-state index in [9.17, 15) is 0 Å². The maximum absolute atomic E-state index is 3.45. The highest BCUT2D eigenvalue weighted by atomic mass is 79.9. The quantitative estimate of drug-likeness (QED) is 0.768. The lowest BCUT2D eigenvalue weighted by atomic mass is 10.2. The van der Waals surface area contributed by atoms with Gasteiger partial charge in [-0.05, 0) is 17.7 Å². The molecule has 1 aliphatic rings. The average Bonchev–Trinajstić information content (AvgIpc) is 2.71. The Morgan fingerprint density at radius 3 is 3.08 bits per heavy atom. The van der Waals surface area contributed by atoms with Crippen LogP contribution >= 0.6 is 15.9 Å². The van der Waals surface area contributed by atoms with Crippen molar-refractivity contribution in [3.05, 3.63) is 29.8 Å². The Morgan fingerprint density at radius 1 is 1.46 bits per heavy atom. The van der Waals surface area contributed by atoms with Gasteiger partial charge in [-0.2, -0.15) is 0 Å². The molecule has 4 heteroatoms. The Kier molecular flexibility index (Phi) is 2.83. The van der Waals surface area contributed by atoms with Crippen LogP contribution in [-0.2, 0) is 5.33 Å². The van der Waals surface area contributed by atoms with Crippen molar-refractivity contribution in [2.75, 3.05) is 18.3 Å². The molecule has 0 bridgehead atoms. The van der Waals surface area contributed by atoms with Crippen LogP contribution in [-0.4, -0.2) is 13.3 Å². The smallest absolute Gasteiger partial charge is 0.0849 e. The van der Waals surface area contributed by atoms with Gasteiger partial charge in [-0.3, -0.25) is 10.3 Å². The van der Waals surface area contributed by atoms with Crippen LogP contribution in [0.25, 0.3) is 0 Å². The minimum atomic E-state index is 0.846. The predicted molar refractivity (Wildman–Crippen MR) is 57.6 cm³/mol. The fourth-order valence-corrected chi connectivity index (χ4v) is 1.71. The van der Waals surface area contributed by atoms with Crippen molar-refractivity contribution in [3.63, 3.8) is 0 Å². The van der Waals surface area contributed by atoms with Crippen molar-refractivity contribution in [3.8, 4) is 0 Å². The number of anilines is 1. The molecule has 0 aromatic heterocycles. The minimum absolute atomic E-state index is 0.846. The molecule has 1 saturated heterocycles. The zero-order valence-corrected chi connectivity index (χ0v) is 8.84. The molecule has 13 heavy (non-hydrogen) atoms. The summed E-state index contributed by atoms with van der Waals surface area (Å²) in [6, 6.07) is 8.47. The maximum Gasteiger partial charge on any atom is 0.0849 e. The van der Waals surface area contributed by atoms with E-state index in [0.29, 0.717) is 0 Å². The summed E-state index contributed by atoms with van der Waals surface area (Å²) >= 11 is 3.45. The SMILES string of the molecule is BrCc1cccc(N2CNCN2)c1. The maximum atomic E-state index is 3.45. The number of alkyl halides is 1. The summed E-state index contributed by atoms with van der Waals surface area (Å²) < 4.78 is 0. The third-order valence-corrected chi connectivity index (χ3v) is 2.69. The molecule has 1 aromatic carbocycles. The van der Waals surface area contributed by atoms with E-state index in [-0.39, 0.29) is 0 Å². The van der Waals surface area contributed by atoms with Gasteiger partial charge in [0.1, 0.15) is 0 Å². The van der Waals surface area contributed by atoms with E-state index < -0.39 is 0 Å². The molecule has 2 N–H and O–H groups in total. The number of halogens is 1. The molecule has 0 spiro atoms. The first kappa shape index (κ1) is 8.99. The van der Waals surface area contributed by atoms with Crippen LogP contribution in [0.2, 0.25) is 0 Å². The molecule has 0 radical (unpaired) electrons. The summed E-state index contributed by atoms with van der Waals surface area (Å²) in [4.78, 5) is 0. The van der Waals surface area contributed by atoms with Gasteiger partial charge in [0.2, 0.25) is 0 Å². The Bertz CT molecular complexity index is 284. The highest BCUT2D eigenvalue weighted by molar-refractivity contribution is 9.08. The zero-order valence-electron chi connectivity index (χ0n) is 7.26. The fourth-order valence-electron chi connectivity index (χ4n) is 1.36. The summed E-state index contributed by atoms with van der Waals surface area (Å²) in [5.74, 6) is 0. The molecule has 0 atom stereocenters. The second kappa shape index (κ2) is 4.09. The van der Waals surface area contributed by atoms with Crippen molar-refractivity contribution in [2.24, 2.45) is 0 Å². The van der Waals surface area contributed by atoms with E-state index in [4.69, 9.17) is 0 Å². The van der Waals surface area contributed by atoms with Gasteiger partial charge in [-0.1, -0.05) is 28.1 Å². The summed E-state index contributed by atoms with van der Waals surface area (Å²) in [7, 11) is 0. The summed E-state index contributed by atoms with van der Waals surface area (Å²) in [6.45, 7) is 1.71. The number of nitrogens with one attached hydrogen (secondary N) is 2. The largest absolute Gasteiger partial charge is 0.293 e. The van der Waals surface area contributed by atoms with Crippen LogP contribution in [0.5, 0.6) is 0 Å². The lowest BCUT2D eigenvalue weighted by Crippen LogP contribution is -2.30. The molecule has 1 heterocycles. The number of benzene rings is 1. The van der Waals surface area contributed by atoms with E-state index in [0.717, 1.165) is 18.7 Å². The third-order valence-electron chi connectivity index (χ3n) is 2.04. The molecule has 0 amide bonds. The first-order chi connectivity index (χ1) is 6.40. The molecule has 2 rings (SSSR count). The number of hydrogen-bond donors (Lipinski definition) is 2. The zero-order chi connectivity index (χ0) is 9.10. The van der Waals surface area contributed by atoms with Crippen LogP contribution in [0, 0.1) is 0 Å². The first-order valence-electron chi connectivity index (χ1n) is 4.27. The highest BCUT2D eigenvalue weighted by Gasteiger charge is 2.10. The Hall–Kier alpha value is -0.580. The molecule has 1 aromatic rings. The molecule has 0 aliphatic carbocycles. The molecule has 70 valence electrons. The van der Waals surface area contributed by atoms with Crippen LogP contribution in [0.4, 0.5) is 5.69 Å². The van der Waals surface area contributed by atoms with E-state index >= 15 is 0 Å². The Balaban J connectivity index is 2.18. The molecule has 1 aliphatic heterocycles. The van der Waals surface area contributed by atoms with Crippen LogP contribution in [0.1, 0.15) is 5.56 Å². The second-order valence-corrected chi connectivity index (χ2v) is 3.54. The molecule has 0 saturated carbocycles. The molecule has 1 fully saturated rings. The Labute approximate surface area is 86.2 Å². The van der Waals surface area contributed by atoms with Crippen molar-refractivity contribution < 1.29 is 0 Å². The lowest BCUT2D eigenvalue weighted by Gasteiger charge is -2.16. The van der Waals surface area contributed by atoms with E-state index in [1.165, 1.54) is 11.3 Å². The first-order valence-corrected chi connectivity index (χ1v) is 5.39. The fraction of sp³-hybridized carbons (Fsp3) is 0.333. The summed E-state index contributed by atoms with van der Waals surface area (Å²) in [5, 5.41) is 6.22. The lowest BCUT2D eigenvalue weighted by molar-refractivity contribution is 0.778. The van der Waals surface area contributed by atoms with Gasteiger partial charge in [-0.25, -0.2) is 5.43 Å². The van der Waals surface area contributed by atoms with Gasteiger partial charge in [-0.15, -0.1) is 0 Å². The van der Waals surface area contributed by atoms with Crippen molar-refractivity contribution in [2.45, 2.75) is 5.33 Å². The number of hydrazine groups is 1. The van der Waals surface area contributed by atoms with Gasteiger partial charge in [0.15, 0.2) is 0 Å². The number of hydrogen-bond acceptors (Lipinski definition) is 3. The second-order valence-electron chi connectivity index (χ2n) is 2.97. The number of rotatable bonds is 2.